The third kappa shape index (κ3) is 22.0. The summed E-state index contributed by atoms with van der Waals surface area (Å²) < 4.78 is 0. The molecule has 1 heterocycles. The molecule has 0 aromatic heterocycles. The zero-order valence-electron chi connectivity index (χ0n) is 40.1. The summed E-state index contributed by atoms with van der Waals surface area (Å²) in [6, 6.07) is -11.0. The van der Waals surface area contributed by atoms with Crippen molar-refractivity contribution in [1.29, 1.82) is 0 Å². The average molecular weight is 1100 g/mol. The predicted octanol–water partition coefficient (Wildman–Crippen LogP) is -7.96. The molecule has 0 bridgehead atoms. The summed E-state index contributed by atoms with van der Waals surface area (Å²) in [7, 11) is 0. The molecule has 12 amide bonds. The molecule has 28 nitrogen and oxygen atoms in total. The molecule has 0 radical (unpaired) electrons. The Morgan fingerprint density at radius 1 is 0.528 bits per heavy atom. The molecule has 15 N–H and O–H groups in total. The number of nitrogens with two attached hydrogens (primary N) is 1. The minimum atomic E-state index is -1.60. The van der Waals surface area contributed by atoms with Gasteiger partial charge in [0.15, 0.2) is 0 Å². The molecule has 1 saturated heterocycles. The van der Waals surface area contributed by atoms with Gasteiger partial charge in [0.2, 0.25) is 70.9 Å². The van der Waals surface area contributed by atoms with Crippen molar-refractivity contribution in [3.63, 3.8) is 0 Å². The van der Waals surface area contributed by atoms with E-state index in [1.807, 2.05) is 0 Å². The quantitative estimate of drug-likeness (QED) is 0.0297. The molecule has 10 atom stereocenters. The molecule has 72 heavy (non-hydrogen) atoms. The van der Waals surface area contributed by atoms with Gasteiger partial charge >= 0.3 is 5.97 Å². The van der Waals surface area contributed by atoms with Crippen molar-refractivity contribution < 1.29 is 72.5 Å². The molecule has 32 heteroatoms. The number of carbonyl (C=O) groups is 13. The molecule has 1 aliphatic rings. The number of carbonyl (C=O) groups excluding carboxylic acids is 12. The fourth-order valence-electron chi connectivity index (χ4n) is 6.26. The van der Waals surface area contributed by atoms with E-state index in [-0.39, 0.29) is 36.0 Å². The van der Waals surface area contributed by atoms with Gasteiger partial charge in [-0.1, -0.05) is 13.8 Å². The van der Waals surface area contributed by atoms with E-state index in [2.05, 4.69) is 109 Å². The Labute approximate surface area is 436 Å². The monoisotopic (exact) mass is 1100 g/mol. The number of aliphatic hydroxyl groups is 1. The molecule has 1 rings (SSSR count). The lowest BCUT2D eigenvalue weighted by Gasteiger charge is -2.30. The van der Waals surface area contributed by atoms with Crippen molar-refractivity contribution in [3.8, 4) is 0 Å². The van der Waals surface area contributed by atoms with Crippen molar-refractivity contribution in [2.75, 3.05) is 55.7 Å². The molecule has 1 aliphatic heterocycles. The number of thiol groups is 4. The number of aliphatic hydroxyl groups excluding tert-OH is 1. The summed E-state index contributed by atoms with van der Waals surface area (Å²) in [6.45, 7) is 4.52. The Balaban J connectivity index is 2.75. The summed E-state index contributed by atoms with van der Waals surface area (Å²) in [5, 5.41) is 44.7. The van der Waals surface area contributed by atoms with Gasteiger partial charge in [0.05, 0.1) is 38.3 Å². The van der Waals surface area contributed by atoms with Crippen LogP contribution in [0.25, 0.3) is 0 Å². The number of amides is 12. The smallest absolute Gasteiger partial charge is 0.327 e. The van der Waals surface area contributed by atoms with Crippen molar-refractivity contribution in [3.05, 3.63) is 0 Å². The van der Waals surface area contributed by atoms with Gasteiger partial charge in [0.1, 0.15) is 48.3 Å². The average Bonchev–Trinajstić information content (AvgIpc) is 3.83. The SMILES string of the molecule is CC(C)[C@H](NC(=O)[C@@H]1CCCN1C(=O)[C@H](CS)NC(=O)[C@H](C)NC(=O)CNC(=O)[C@H](C)NC(=O)[C@@H](N)CS)C(=O)NCC(=O)N[C@@H](CS)C(=O)NCC(=O)N[C@H](C(=O)NCC(=O)N[C@@H](CS)C(=O)O)[C@@H](C)O. The number of nitrogens with zero attached hydrogens (tertiary/aromatic N) is 1. The summed E-state index contributed by atoms with van der Waals surface area (Å²) in [6.07, 6.45) is -0.901. The highest BCUT2D eigenvalue weighted by atomic mass is 32.1. The van der Waals surface area contributed by atoms with Crippen molar-refractivity contribution in [1.82, 2.24) is 63.4 Å². The van der Waals surface area contributed by atoms with Crippen LogP contribution in [0.3, 0.4) is 0 Å². The van der Waals surface area contributed by atoms with Crippen LogP contribution in [0.1, 0.15) is 47.5 Å². The first-order valence-electron chi connectivity index (χ1n) is 22.3. The van der Waals surface area contributed by atoms with Gasteiger partial charge in [0, 0.05) is 29.6 Å². The second-order valence-electron chi connectivity index (χ2n) is 16.6. The number of carboxylic acids is 1. The highest BCUT2D eigenvalue weighted by Crippen LogP contribution is 2.20. The number of aliphatic carboxylic acids is 1. The highest BCUT2D eigenvalue weighted by Gasteiger charge is 2.39. The third-order valence-electron chi connectivity index (χ3n) is 10.4. The molecule has 0 aromatic carbocycles. The van der Waals surface area contributed by atoms with Crippen LogP contribution in [0.15, 0.2) is 0 Å². The first-order valence-corrected chi connectivity index (χ1v) is 24.9. The maximum atomic E-state index is 13.7. The Morgan fingerprint density at radius 3 is 1.47 bits per heavy atom. The Bertz CT molecular complexity index is 1990. The fourth-order valence-corrected chi connectivity index (χ4v) is 7.18. The van der Waals surface area contributed by atoms with Crippen LogP contribution >= 0.6 is 50.5 Å². The van der Waals surface area contributed by atoms with Crippen LogP contribution in [0.2, 0.25) is 0 Å². The highest BCUT2D eigenvalue weighted by molar-refractivity contribution is 7.80. The first-order chi connectivity index (χ1) is 33.7. The fraction of sp³-hybridized carbons (Fsp3) is 0.675. The minimum absolute atomic E-state index is 0.0421. The Morgan fingerprint density at radius 2 is 0.986 bits per heavy atom. The molecule has 0 unspecified atom stereocenters. The summed E-state index contributed by atoms with van der Waals surface area (Å²) >= 11 is 16.0. The topological polar surface area (TPSA) is 424 Å². The van der Waals surface area contributed by atoms with E-state index >= 15 is 0 Å². The summed E-state index contributed by atoms with van der Waals surface area (Å²) in [5.41, 5.74) is 5.58. The lowest BCUT2D eigenvalue weighted by atomic mass is 10.0. The van der Waals surface area contributed by atoms with Crippen LogP contribution in [0, 0.1) is 5.92 Å². The zero-order chi connectivity index (χ0) is 55.0. The predicted molar refractivity (Wildman–Crippen MR) is 269 cm³/mol. The van der Waals surface area contributed by atoms with Gasteiger partial charge in [0.25, 0.3) is 0 Å². The van der Waals surface area contributed by atoms with Gasteiger partial charge in [-0.05, 0) is 39.5 Å². The van der Waals surface area contributed by atoms with Gasteiger partial charge in [-0.25, -0.2) is 4.79 Å². The molecular formula is C40H67N13O15S4. The minimum Gasteiger partial charge on any atom is -0.480 e. The molecule has 0 spiro atoms. The van der Waals surface area contributed by atoms with Crippen molar-refractivity contribution in [2.24, 2.45) is 11.7 Å². The van der Waals surface area contributed by atoms with E-state index in [1.54, 1.807) is 13.8 Å². The van der Waals surface area contributed by atoms with Gasteiger partial charge in [-0.3, -0.25) is 57.5 Å². The number of rotatable bonds is 30. The van der Waals surface area contributed by atoms with Crippen molar-refractivity contribution in [2.45, 2.75) is 108 Å². The van der Waals surface area contributed by atoms with E-state index < -0.39 is 169 Å². The van der Waals surface area contributed by atoms with E-state index in [4.69, 9.17) is 10.8 Å². The number of likely N-dealkylation sites (tertiary alicyclic amines) is 1. The van der Waals surface area contributed by atoms with E-state index in [1.165, 1.54) is 18.7 Å². The standard InChI is InChI=1S/C40H67N13O15S4/c1-17(2)30(37(64)44-10-27(56)48-22(14-70)35(62)43-12-29(58)51-31(20(5)54)38(65)45-11-28(57)49-24(16-72)40(67)68)52-36(63)25-7-6-8-53(25)39(66)23(15-71)50-33(60)19(4)46-26(55)9-42-32(59)18(3)47-34(61)21(41)13-69/h17-25,30-31,54,69-72H,6-16,41H2,1-5H3,(H,42,59)(H,43,62)(H,44,64)(H,45,65)(H,46,55)(H,47,61)(H,48,56)(H,49,57)(H,50,60)(H,51,58)(H,52,63)(H,67,68)/t18-,19-,20+,21-,22-,23-,24-,25-,30-,31-/m0/s1. The Hall–Kier alpha value is -5.57. The lowest BCUT2D eigenvalue weighted by Crippen LogP contribution is -2.59. The number of hydrogen-bond donors (Lipinski definition) is 18. The lowest BCUT2D eigenvalue weighted by molar-refractivity contribution is -0.142. The van der Waals surface area contributed by atoms with Crippen LogP contribution in [-0.2, 0) is 62.3 Å². The van der Waals surface area contributed by atoms with Crippen molar-refractivity contribution >= 4 is 127 Å². The number of nitrogens with one attached hydrogen (secondary N) is 11. The second-order valence-corrected chi connectivity index (χ2v) is 18.0. The zero-order valence-corrected chi connectivity index (χ0v) is 43.7. The first kappa shape index (κ1) is 64.4. The van der Waals surface area contributed by atoms with Gasteiger partial charge in [-0.2, -0.15) is 50.5 Å². The van der Waals surface area contributed by atoms with E-state index in [0.29, 0.717) is 6.42 Å². The largest absolute Gasteiger partial charge is 0.480 e. The van der Waals surface area contributed by atoms with Crippen LogP contribution in [0.4, 0.5) is 0 Å². The molecule has 406 valence electrons. The van der Waals surface area contributed by atoms with E-state index in [9.17, 15) is 67.4 Å². The van der Waals surface area contributed by atoms with E-state index in [0.717, 1.165) is 6.92 Å². The molecule has 0 aliphatic carbocycles. The Kier molecular flexibility index (Phi) is 29.1. The van der Waals surface area contributed by atoms with Gasteiger partial charge in [-0.15, -0.1) is 0 Å². The molecule has 0 saturated carbocycles. The van der Waals surface area contributed by atoms with Crippen LogP contribution < -0.4 is 64.2 Å². The maximum Gasteiger partial charge on any atom is 0.327 e. The number of hydrogen-bond acceptors (Lipinski definition) is 19. The second kappa shape index (κ2) is 32.5. The summed E-state index contributed by atoms with van der Waals surface area (Å²) in [5.74, 6) is -12.3. The molecule has 0 aromatic rings. The third-order valence-corrected chi connectivity index (χ3v) is 11.9. The van der Waals surface area contributed by atoms with Crippen LogP contribution in [-0.4, -0.2) is 208 Å². The van der Waals surface area contributed by atoms with Crippen LogP contribution in [0.5, 0.6) is 0 Å². The normalized spacial score (nSPS) is 16.8. The summed E-state index contributed by atoms with van der Waals surface area (Å²) in [4.78, 5) is 166. The molecular weight excluding hydrogens is 1030 g/mol. The molecule has 1 fully saturated rings. The number of carboxylic acid groups (broad SMARTS) is 1. The van der Waals surface area contributed by atoms with Gasteiger partial charge < -0.3 is 79.3 Å². The maximum absolute atomic E-state index is 13.7.